The van der Waals surface area contributed by atoms with Crippen LogP contribution in [0.4, 0.5) is 4.39 Å². The lowest BCUT2D eigenvalue weighted by Gasteiger charge is -2.13. The van der Waals surface area contributed by atoms with E-state index in [0.29, 0.717) is 17.8 Å². The molecule has 0 saturated heterocycles. The average Bonchev–Trinajstić information content (AvgIpc) is 3.32. The number of carbonyl (C=O) groups is 2. The first-order chi connectivity index (χ1) is 17.8. The molecule has 0 fully saturated rings. The Bertz CT molecular complexity index is 1600. The van der Waals surface area contributed by atoms with E-state index in [1.165, 1.54) is 33.8 Å². The number of pyridine rings is 1. The standard InChI is InChI=1S/C29H25FN4O3/c1-4-23-24(28(36)34(31-23)22-12-10-21(30)11-13-22)25-26(32-15-18(2)14-19(3)16-32)29(37)33(27(25)35)17-20-8-6-5-7-9-20/h5-16H,4,17H2,1-3H3/p+1. The maximum Gasteiger partial charge on any atom is 0.327 e. The number of H-pyrrole nitrogens is 1. The molecule has 1 N–H and O–H groups in total. The summed E-state index contributed by atoms with van der Waals surface area (Å²) >= 11 is 0. The average molecular weight is 498 g/mol. The Balaban J connectivity index is 1.74. The zero-order valence-electron chi connectivity index (χ0n) is 20.8. The molecule has 0 bridgehead atoms. The third kappa shape index (κ3) is 4.31. The van der Waals surface area contributed by atoms with Crippen molar-refractivity contribution in [1.82, 2.24) is 14.7 Å². The summed E-state index contributed by atoms with van der Waals surface area (Å²) in [6.45, 7) is 5.75. The van der Waals surface area contributed by atoms with E-state index in [1.807, 2.05) is 57.2 Å². The van der Waals surface area contributed by atoms with E-state index in [-0.39, 0.29) is 23.4 Å². The third-order valence-corrected chi connectivity index (χ3v) is 6.38. The van der Waals surface area contributed by atoms with Crippen molar-refractivity contribution in [3.63, 3.8) is 0 Å². The molecule has 0 unspecified atom stereocenters. The first-order valence-corrected chi connectivity index (χ1v) is 12.0. The van der Waals surface area contributed by atoms with Crippen molar-refractivity contribution in [3.05, 3.63) is 117 Å². The topological polar surface area (TPSA) is 79.1 Å². The van der Waals surface area contributed by atoms with Gasteiger partial charge in [0.25, 0.3) is 17.2 Å². The SMILES string of the molecule is CCc1[nH]n(-c2ccc(F)cc2)c(=O)c1C1=C([n+]2cc(C)cc(C)c2)C(=O)N(Cc2ccccc2)C1=O. The summed E-state index contributed by atoms with van der Waals surface area (Å²) in [6.07, 6.45) is 3.96. The second-order valence-corrected chi connectivity index (χ2v) is 9.14. The molecule has 2 aromatic heterocycles. The summed E-state index contributed by atoms with van der Waals surface area (Å²) in [4.78, 5) is 42.7. The van der Waals surface area contributed by atoms with E-state index in [0.717, 1.165) is 16.7 Å². The van der Waals surface area contributed by atoms with E-state index in [9.17, 15) is 18.8 Å². The Morgan fingerprint density at radius 3 is 2.16 bits per heavy atom. The number of carbonyl (C=O) groups excluding carboxylic acids is 2. The lowest BCUT2D eigenvalue weighted by Crippen LogP contribution is -2.39. The number of aryl methyl sites for hydroxylation is 3. The normalized spacial score (nSPS) is 13.7. The fraction of sp³-hybridized carbons (Fsp3) is 0.172. The number of nitrogens with zero attached hydrogens (tertiary/aromatic N) is 3. The Hall–Kier alpha value is -4.59. The molecule has 1 aliphatic heterocycles. The number of nitrogens with one attached hydrogen (secondary N) is 1. The van der Waals surface area contributed by atoms with Gasteiger partial charge < -0.3 is 0 Å². The zero-order chi connectivity index (χ0) is 26.3. The smallest absolute Gasteiger partial charge is 0.294 e. The molecule has 5 rings (SSSR count). The molecule has 0 saturated carbocycles. The molecule has 186 valence electrons. The highest BCUT2D eigenvalue weighted by molar-refractivity contribution is 6.44. The molecular weight excluding hydrogens is 471 g/mol. The van der Waals surface area contributed by atoms with Gasteiger partial charge in [-0.2, -0.15) is 4.57 Å². The highest BCUT2D eigenvalue weighted by atomic mass is 19.1. The van der Waals surface area contributed by atoms with Gasteiger partial charge in [0.1, 0.15) is 11.4 Å². The Labute approximate surface area is 213 Å². The fourth-order valence-electron chi connectivity index (χ4n) is 4.74. The maximum absolute atomic E-state index is 13.9. The molecule has 0 aliphatic carbocycles. The molecule has 0 atom stereocenters. The summed E-state index contributed by atoms with van der Waals surface area (Å²) in [5.74, 6) is -1.44. The first-order valence-electron chi connectivity index (χ1n) is 12.0. The monoisotopic (exact) mass is 497 g/mol. The molecule has 4 aromatic rings. The molecule has 1 aliphatic rings. The largest absolute Gasteiger partial charge is 0.327 e. The van der Waals surface area contributed by atoms with Gasteiger partial charge in [0.15, 0.2) is 12.4 Å². The maximum atomic E-state index is 13.9. The van der Waals surface area contributed by atoms with Crippen LogP contribution in [0.15, 0.2) is 77.9 Å². The molecule has 3 heterocycles. The molecule has 8 heteroatoms. The van der Waals surface area contributed by atoms with Crippen molar-refractivity contribution in [2.45, 2.75) is 33.7 Å². The van der Waals surface area contributed by atoms with Crippen LogP contribution >= 0.6 is 0 Å². The highest BCUT2D eigenvalue weighted by Crippen LogP contribution is 2.31. The van der Waals surface area contributed by atoms with Crippen molar-refractivity contribution in [3.8, 4) is 5.69 Å². The van der Waals surface area contributed by atoms with Crippen LogP contribution in [0.3, 0.4) is 0 Å². The van der Waals surface area contributed by atoms with E-state index in [2.05, 4.69) is 5.10 Å². The Morgan fingerprint density at radius 2 is 1.54 bits per heavy atom. The predicted octanol–water partition coefficient (Wildman–Crippen LogP) is 3.71. The summed E-state index contributed by atoms with van der Waals surface area (Å²) < 4.78 is 16.4. The van der Waals surface area contributed by atoms with Crippen molar-refractivity contribution >= 4 is 23.1 Å². The molecule has 2 aromatic carbocycles. The summed E-state index contributed by atoms with van der Waals surface area (Å²) in [5.41, 5.74) is 3.37. The summed E-state index contributed by atoms with van der Waals surface area (Å²) in [6, 6.07) is 16.7. The van der Waals surface area contributed by atoms with E-state index >= 15 is 0 Å². The van der Waals surface area contributed by atoms with E-state index < -0.39 is 23.2 Å². The quantitative estimate of drug-likeness (QED) is 0.326. The van der Waals surface area contributed by atoms with Crippen LogP contribution in [0.2, 0.25) is 0 Å². The predicted molar refractivity (Wildman–Crippen MR) is 137 cm³/mol. The number of halogens is 1. The van der Waals surface area contributed by atoms with Gasteiger partial charge in [-0.05, 0) is 56.2 Å². The third-order valence-electron chi connectivity index (χ3n) is 6.38. The second-order valence-electron chi connectivity index (χ2n) is 9.14. The van der Waals surface area contributed by atoms with Crippen LogP contribution in [0.1, 0.15) is 34.9 Å². The minimum absolute atomic E-state index is 0.0508. The number of amides is 2. The summed E-state index contributed by atoms with van der Waals surface area (Å²) in [7, 11) is 0. The van der Waals surface area contributed by atoms with Crippen molar-refractivity contribution in [1.29, 1.82) is 0 Å². The first kappa shape index (κ1) is 24.1. The molecule has 0 spiro atoms. The van der Waals surface area contributed by atoms with Gasteiger partial charge in [-0.25, -0.2) is 9.07 Å². The van der Waals surface area contributed by atoms with Crippen molar-refractivity contribution < 1.29 is 18.5 Å². The Morgan fingerprint density at radius 1 is 0.892 bits per heavy atom. The fourth-order valence-corrected chi connectivity index (χ4v) is 4.74. The molecule has 37 heavy (non-hydrogen) atoms. The lowest BCUT2D eigenvalue weighted by atomic mass is 10.0. The number of benzene rings is 2. The second kappa shape index (κ2) is 9.46. The van der Waals surface area contributed by atoms with E-state index in [1.54, 1.807) is 17.0 Å². The minimum Gasteiger partial charge on any atom is -0.294 e. The van der Waals surface area contributed by atoms with Gasteiger partial charge in [0.2, 0.25) is 0 Å². The van der Waals surface area contributed by atoms with Gasteiger partial charge >= 0.3 is 5.91 Å². The Kier molecular flexibility index (Phi) is 6.17. The van der Waals surface area contributed by atoms with Gasteiger partial charge in [-0.3, -0.25) is 24.4 Å². The summed E-state index contributed by atoms with van der Waals surface area (Å²) in [5, 5.41) is 3.06. The van der Waals surface area contributed by atoms with Gasteiger partial charge in [-0.15, -0.1) is 0 Å². The van der Waals surface area contributed by atoms with Gasteiger partial charge in [0.05, 0.1) is 17.8 Å². The number of imide groups is 1. The minimum atomic E-state index is -0.535. The van der Waals surface area contributed by atoms with Crippen LogP contribution in [0.25, 0.3) is 17.0 Å². The number of rotatable bonds is 6. The highest BCUT2D eigenvalue weighted by Gasteiger charge is 2.47. The lowest BCUT2D eigenvalue weighted by molar-refractivity contribution is -0.577. The zero-order valence-corrected chi connectivity index (χ0v) is 20.8. The van der Waals surface area contributed by atoms with Gasteiger partial charge in [0, 0.05) is 16.8 Å². The van der Waals surface area contributed by atoms with Crippen LogP contribution in [-0.4, -0.2) is 26.5 Å². The van der Waals surface area contributed by atoms with Crippen LogP contribution in [0, 0.1) is 19.7 Å². The molecular formula is C29H26FN4O3+. The molecule has 2 amide bonds. The van der Waals surface area contributed by atoms with Crippen LogP contribution < -0.4 is 10.1 Å². The number of aromatic nitrogens is 3. The van der Waals surface area contributed by atoms with E-state index in [4.69, 9.17) is 0 Å². The number of hydrogen-bond acceptors (Lipinski definition) is 3. The number of hydrogen-bond donors (Lipinski definition) is 1. The van der Waals surface area contributed by atoms with Crippen molar-refractivity contribution in [2.75, 3.05) is 0 Å². The molecule has 7 nitrogen and oxygen atoms in total. The van der Waals surface area contributed by atoms with Crippen LogP contribution in [0.5, 0.6) is 0 Å². The van der Waals surface area contributed by atoms with Gasteiger partial charge in [-0.1, -0.05) is 37.3 Å². The molecule has 0 radical (unpaired) electrons. The van der Waals surface area contributed by atoms with Crippen LogP contribution in [-0.2, 0) is 22.6 Å². The van der Waals surface area contributed by atoms with Crippen molar-refractivity contribution in [2.24, 2.45) is 0 Å². The number of aromatic amines is 1.